The van der Waals surface area contributed by atoms with Crippen molar-refractivity contribution >= 4 is 7.82 Å². The molecule has 8 heteroatoms. The highest BCUT2D eigenvalue weighted by Gasteiger charge is 2.21. The van der Waals surface area contributed by atoms with Crippen LogP contribution in [0.2, 0.25) is 0 Å². The van der Waals surface area contributed by atoms with Crippen molar-refractivity contribution in [3.05, 3.63) is 0 Å². The van der Waals surface area contributed by atoms with Gasteiger partial charge in [0.1, 0.15) is 26.2 Å². The molecule has 1 unspecified atom stereocenters. The van der Waals surface area contributed by atoms with E-state index in [9.17, 15) is 9.46 Å². The van der Waals surface area contributed by atoms with Crippen molar-refractivity contribution in [2.24, 2.45) is 0 Å². The Kier molecular flexibility index (Phi) is 7.34. The highest BCUT2D eigenvalue weighted by atomic mass is 31.2. The first-order valence-corrected chi connectivity index (χ1v) is 6.42. The summed E-state index contributed by atoms with van der Waals surface area (Å²) >= 11 is 0. The van der Waals surface area contributed by atoms with E-state index in [1.807, 2.05) is 0 Å². The average Bonchev–Trinajstić information content (AvgIpc) is 2.18. The van der Waals surface area contributed by atoms with Gasteiger partial charge in [-0.05, 0) is 0 Å². The summed E-state index contributed by atoms with van der Waals surface area (Å²) in [4.78, 5) is 10.9. The second kappa shape index (κ2) is 7.34. The molecule has 0 rings (SSSR count). The lowest BCUT2D eigenvalue weighted by Crippen LogP contribution is -2.50. The number of quaternary nitrogens is 1. The SMILES string of the molecule is COP(=O)([O-])OCC[N+](C)(CCO)CCO. The van der Waals surface area contributed by atoms with Crippen molar-refractivity contribution in [1.29, 1.82) is 0 Å². The number of nitrogens with zero attached hydrogens (tertiary/aromatic N) is 1. The Balaban J connectivity index is 4.07. The lowest BCUT2D eigenvalue weighted by atomic mass is 10.4. The van der Waals surface area contributed by atoms with Crippen molar-refractivity contribution < 1.29 is 33.2 Å². The molecule has 0 radical (unpaired) electrons. The number of rotatable bonds is 9. The van der Waals surface area contributed by atoms with Gasteiger partial charge in [-0.3, -0.25) is 4.57 Å². The number of hydrogen-bond acceptors (Lipinski definition) is 6. The quantitative estimate of drug-likeness (QED) is 0.387. The second-order valence-corrected chi connectivity index (χ2v) is 5.22. The largest absolute Gasteiger partial charge is 0.756 e. The van der Waals surface area contributed by atoms with Gasteiger partial charge in [0.05, 0.1) is 20.3 Å². The summed E-state index contributed by atoms with van der Waals surface area (Å²) < 4.78 is 19.9. The fraction of sp³-hybridized carbons (Fsp3) is 1.00. The fourth-order valence-electron chi connectivity index (χ4n) is 1.24. The van der Waals surface area contributed by atoms with Crippen molar-refractivity contribution in [2.45, 2.75) is 0 Å². The van der Waals surface area contributed by atoms with Crippen LogP contribution in [0.4, 0.5) is 0 Å². The summed E-state index contributed by atoms with van der Waals surface area (Å²) in [5, 5.41) is 17.7. The summed E-state index contributed by atoms with van der Waals surface area (Å²) in [5.41, 5.74) is 0. The Morgan fingerprint density at radius 3 is 2.12 bits per heavy atom. The molecule has 7 nitrogen and oxygen atoms in total. The van der Waals surface area contributed by atoms with E-state index in [2.05, 4.69) is 9.05 Å². The maximum absolute atomic E-state index is 10.9. The Morgan fingerprint density at radius 2 is 1.75 bits per heavy atom. The molecule has 0 saturated heterocycles. The summed E-state index contributed by atoms with van der Waals surface area (Å²) in [6, 6.07) is 0. The van der Waals surface area contributed by atoms with Crippen molar-refractivity contribution in [1.82, 2.24) is 0 Å². The van der Waals surface area contributed by atoms with Crippen LogP contribution in [0.1, 0.15) is 0 Å². The van der Waals surface area contributed by atoms with Gasteiger partial charge in [-0.15, -0.1) is 0 Å². The number of hydrogen-bond donors (Lipinski definition) is 2. The molecule has 0 heterocycles. The lowest BCUT2D eigenvalue weighted by Gasteiger charge is -2.34. The first-order valence-electron chi connectivity index (χ1n) is 4.96. The average molecular weight is 257 g/mol. The molecule has 0 spiro atoms. The fourth-order valence-corrected chi connectivity index (χ4v) is 1.65. The van der Waals surface area contributed by atoms with Crippen LogP contribution in [0.5, 0.6) is 0 Å². The van der Waals surface area contributed by atoms with Crippen LogP contribution in [0.25, 0.3) is 0 Å². The highest BCUT2D eigenvalue weighted by Crippen LogP contribution is 2.36. The zero-order valence-corrected chi connectivity index (χ0v) is 10.6. The van der Waals surface area contributed by atoms with Crippen molar-refractivity contribution in [3.63, 3.8) is 0 Å². The minimum atomic E-state index is -4.18. The number of likely N-dealkylation sites (N-methyl/N-ethyl adjacent to an activating group) is 1. The molecule has 0 aliphatic heterocycles. The highest BCUT2D eigenvalue weighted by molar-refractivity contribution is 7.45. The first kappa shape index (κ1) is 16.0. The van der Waals surface area contributed by atoms with E-state index in [-0.39, 0.29) is 19.8 Å². The van der Waals surface area contributed by atoms with E-state index in [0.29, 0.717) is 24.1 Å². The molecule has 0 fully saturated rings. The molecule has 0 aliphatic rings. The zero-order valence-electron chi connectivity index (χ0n) is 9.66. The van der Waals surface area contributed by atoms with E-state index in [1.165, 1.54) is 0 Å². The van der Waals surface area contributed by atoms with Gasteiger partial charge in [0, 0.05) is 7.11 Å². The van der Waals surface area contributed by atoms with E-state index in [0.717, 1.165) is 7.11 Å². The molecule has 0 saturated carbocycles. The number of aliphatic hydroxyl groups is 2. The zero-order chi connectivity index (χ0) is 12.7. The van der Waals surface area contributed by atoms with Crippen LogP contribution in [0, 0.1) is 0 Å². The molecule has 2 N–H and O–H groups in total. The van der Waals surface area contributed by atoms with Crippen LogP contribution in [0.15, 0.2) is 0 Å². The van der Waals surface area contributed by atoms with Crippen LogP contribution >= 0.6 is 7.82 Å². The normalized spacial score (nSPS) is 16.1. The van der Waals surface area contributed by atoms with Gasteiger partial charge >= 0.3 is 0 Å². The number of phosphoric acid groups is 1. The third kappa shape index (κ3) is 6.55. The summed E-state index contributed by atoms with van der Waals surface area (Å²) in [6.07, 6.45) is 0. The molecule has 0 aliphatic carbocycles. The van der Waals surface area contributed by atoms with Gasteiger partial charge in [0.15, 0.2) is 0 Å². The maximum Gasteiger partial charge on any atom is 0.267 e. The molecule has 98 valence electrons. The Hall–Kier alpha value is -0.0100. The predicted octanol–water partition coefficient (Wildman–Crippen LogP) is -1.45. The summed E-state index contributed by atoms with van der Waals surface area (Å²) in [6.45, 7) is 1.13. The van der Waals surface area contributed by atoms with Crippen molar-refractivity contribution in [2.75, 3.05) is 53.6 Å². The molecule has 0 amide bonds. The number of aliphatic hydroxyl groups excluding tert-OH is 2. The van der Waals surface area contributed by atoms with Gasteiger partial charge in [0.2, 0.25) is 0 Å². The molecule has 0 aromatic rings. The minimum absolute atomic E-state index is 0.0319. The van der Waals surface area contributed by atoms with Crippen molar-refractivity contribution in [3.8, 4) is 0 Å². The molecule has 16 heavy (non-hydrogen) atoms. The van der Waals surface area contributed by atoms with Gasteiger partial charge in [0.25, 0.3) is 7.82 Å². The van der Waals surface area contributed by atoms with E-state index in [4.69, 9.17) is 10.2 Å². The number of phosphoric ester groups is 1. The lowest BCUT2D eigenvalue weighted by molar-refractivity contribution is -0.910. The van der Waals surface area contributed by atoms with Crippen LogP contribution < -0.4 is 4.89 Å². The van der Waals surface area contributed by atoms with Gasteiger partial charge < -0.3 is 28.6 Å². The van der Waals surface area contributed by atoms with Gasteiger partial charge in [-0.1, -0.05) is 0 Å². The van der Waals surface area contributed by atoms with E-state index in [1.54, 1.807) is 7.05 Å². The smallest absolute Gasteiger partial charge is 0.267 e. The second-order valence-electron chi connectivity index (χ2n) is 3.70. The summed E-state index contributed by atoms with van der Waals surface area (Å²) in [5.74, 6) is 0. The minimum Gasteiger partial charge on any atom is -0.756 e. The predicted molar refractivity (Wildman–Crippen MR) is 55.5 cm³/mol. The standard InChI is InChI=1S/C8H20NO6P/c1-9(3-6-10,4-7-11)5-8-15-16(12,13)14-2/h10-11H,3-8H2,1-2H3. The Bertz CT molecular complexity index is 231. The topological polar surface area (TPSA) is 99.1 Å². The third-order valence-electron chi connectivity index (χ3n) is 2.38. The van der Waals surface area contributed by atoms with E-state index < -0.39 is 7.82 Å². The maximum atomic E-state index is 10.9. The molecule has 0 aromatic heterocycles. The molecule has 0 bridgehead atoms. The monoisotopic (exact) mass is 257 g/mol. The Morgan fingerprint density at radius 1 is 1.25 bits per heavy atom. The van der Waals surface area contributed by atoms with E-state index >= 15 is 0 Å². The molecule has 1 atom stereocenters. The molecular formula is C8H20NO6P. The van der Waals surface area contributed by atoms with Gasteiger partial charge in [-0.25, -0.2) is 0 Å². The van der Waals surface area contributed by atoms with Crippen LogP contribution in [-0.4, -0.2) is 68.3 Å². The van der Waals surface area contributed by atoms with Gasteiger partial charge in [-0.2, -0.15) is 0 Å². The molecular weight excluding hydrogens is 237 g/mol. The van der Waals surface area contributed by atoms with Crippen LogP contribution in [0.3, 0.4) is 0 Å². The molecule has 0 aromatic carbocycles. The van der Waals surface area contributed by atoms with Crippen LogP contribution in [-0.2, 0) is 13.6 Å². The third-order valence-corrected chi connectivity index (χ3v) is 3.33. The summed E-state index contributed by atoms with van der Waals surface area (Å²) in [7, 11) is -1.35. The first-order chi connectivity index (χ1) is 7.39. The Labute approximate surface area is 95.4 Å².